The standard InChI is InChI=1S/C29H32N4O3/c34-29(33-16-10-23(11-17-33)32-14-2-1-3-15-32)27-19-25(20-8-12-30-13-9-20)28(36-27)22-4-6-24-21(18-22)5-7-26(24)31-35/h4,6,8-9,12-13,18-19,23,26H,1-3,5,7,10-11,14-17H2. The lowest BCUT2D eigenvalue weighted by atomic mass is 9.99. The summed E-state index contributed by atoms with van der Waals surface area (Å²) in [6, 6.07) is 12.1. The van der Waals surface area contributed by atoms with Gasteiger partial charge in [-0.2, -0.15) is 4.91 Å². The molecular weight excluding hydrogens is 452 g/mol. The van der Waals surface area contributed by atoms with Crippen LogP contribution in [-0.4, -0.2) is 52.9 Å². The number of aromatic nitrogens is 1. The predicted molar refractivity (Wildman–Crippen MR) is 139 cm³/mol. The number of amides is 1. The van der Waals surface area contributed by atoms with Crippen LogP contribution < -0.4 is 0 Å². The normalized spacial score (nSPS) is 20.9. The first-order valence-corrected chi connectivity index (χ1v) is 13.2. The fraction of sp³-hybridized carbons (Fsp3) is 0.448. The maximum absolute atomic E-state index is 13.5. The minimum absolute atomic E-state index is 0.0416. The SMILES string of the molecule is O=NC1CCc2cc(-c3oc(C(=O)N4CCC(N5CCCCC5)CC4)cc3-c3ccncc3)ccc21. The number of benzene rings is 1. The Morgan fingerprint density at radius 1 is 0.917 bits per heavy atom. The summed E-state index contributed by atoms with van der Waals surface area (Å²) in [5.41, 5.74) is 4.88. The summed E-state index contributed by atoms with van der Waals surface area (Å²) in [6.07, 6.45) is 11.0. The Labute approximate surface area is 211 Å². The zero-order valence-corrected chi connectivity index (χ0v) is 20.6. The van der Waals surface area contributed by atoms with Crippen LogP contribution in [0.25, 0.3) is 22.5 Å². The maximum atomic E-state index is 13.5. The molecule has 0 spiro atoms. The van der Waals surface area contributed by atoms with E-state index in [1.807, 2.05) is 35.2 Å². The molecule has 1 unspecified atom stereocenters. The average molecular weight is 485 g/mol. The lowest BCUT2D eigenvalue weighted by Gasteiger charge is -2.40. The van der Waals surface area contributed by atoms with Gasteiger partial charge in [-0.15, -0.1) is 0 Å². The second kappa shape index (κ2) is 9.97. The molecule has 2 fully saturated rings. The Morgan fingerprint density at radius 3 is 2.44 bits per heavy atom. The van der Waals surface area contributed by atoms with Gasteiger partial charge in [0.2, 0.25) is 0 Å². The second-order valence-corrected chi connectivity index (χ2v) is 10.3. The fourth-order valence-electron chi connectivity index (χ4n) is 6.18. The third-order valence-electron chi connectivity index (χ3n) is 8.17. The molecule has 7 heteroatoms. The van der Waals surface area contributed by atoms with Crippen LogP contribution in [0.15, 0.2) is 58.4 Å². The van der Waals surface area contributed by atoms with E-state index in [2.05, 4.69) is 21.1 Å². The van der Waals surface area contributed by atoms with Crippen molar-refractivity contribution in [3.05, 3.63) is 70.6 Å². The number of carbonyl (C=O) groups excluding carboxylic acids is 1. The van der Waals surface area contributed by atoms with E-state index in [1.54, 1.807) is 12.4 Å². The molecule has 1 amide bonds. The van der Waals surface area contributed by atoms with Gasteiger partial charge in [-0.1, -0.05) is 23.7 Å². The van der Waals surface area contributed by atoms with E-state index in [9.17, 15) is 9.70 Å². The highest BCUT2D eigenvalue weighted by molar-refractivity contribution is 5.95. The second-order valence-electron chi connectivity index (χ2n) is 10.3. The molecule has 1 aromatic carbocycles. The van der Waals surface area contributed by atoms with Crippen molar-refractivity contribution in [1.82, 2.24) is 14.8 Å². The van der Waals surface area contributed by atoms with Crippen molar-refractivity contribution in [2.24, 2.45) is 5.18 Å². The number of fused-ring (bicyclic) bond motifs is 1. The molecule has 0 bridgehead atoms. The number of rotatable bonds is 5. The van der Waals surface area contributed by atoms with Gasteiger partial charge >= 0.3 is 0 Å². The molecule has 1 aliphatic carbocycles. The molecule has 2 aliphatic heterocycles. The summed E-state index contributed by atoms with van der Waals surface area (Å²) in [5.74, 6) is 1.01. The molecule has 1 atom stereocenters. The number of nitrogens with zero attached hydrogens (tertiary/aromatic N) is 4. The molecule has 4 heterocycles. The summed E-state index contributed by atoms with van der Waals surface area (Å²) in [5, 5.41) is 3.28. The molecule has 2 saturated heterocycles. The Morgan fingerprint density at radius 2 is 1.69 bits per heavy atom. The lowest BCUT2D eigenvalue weighted by Crippen LogP contribution is -2.48. The summed E-state index contributed by atoms with van der Waals surface area (Å²) in [4.78, 5) is 33.4. The minimum atomic E-state index is -0.268. The summed E-state index contributed by atoms with van der Waals surface area (Å²) < 4.78 is 6.32. The molecule has 36 heavy (non-hydrogen) atoms. The number of piperidine rings is 2. The van der Waals surface area contributed by atoms with Crippen molar-refractivity contribution in [2.75, 3.05) is 26.2 Å². The van der Waals surface area contributed by atoms with Gasteiger partial charge in [0.05, 0.1) is 0 Å². The van der Waals surface area contributed by atoms with Gasteiger partial charge in [-0.25, -0.2) is 0 Å². The number of pyridine rings is 1. The van der Waals surface area contributed by atoms with Gasteiger partial charge in [0.15, 0.2) is 5.76 Å². The number of nitroso groups, excluding NO2 is 1. The average Bonchev–Trinajstić information content (AvgIpc) is 3.58. The Balaban J connectivity index is 1.27. The van der Waals surface area contributed by atoms with Crippen LogP contribution in [0.2, 0.25) is 0 Å². The van der Waals surface area contributed by atoms with Crippen LogP contribution in [-0.2, 0) is 6.42 Å². The third-order valence-corrected chi connectivity index (χ3v) is 8.17. The number of furan rings is 1. The quantitative estimate of drug-likeness (QED) is 0.424. The Bertz CT molecular complexity index is 1240. The molecule has 7 nitrogen and oxygen atoms in total. The monoisotopic (exact) mass is 484 g/mol. The first kappa shape index (κ1) is 23.1. The summed E-state index contributed by atoms with van der Waals surface area (Å²) in [7, 11) is 0. The number of hydrogen-bond donors (Lipinski definition) is 0. The van der Waals surface area contributed by atoms with Gasteiger partial charge in [-0.05, 0) is 92.6 Å². The van der Waals surface area contributed by atoms with Crippen molar-refractivity contribution >= 4 is 5.91 Å². The van der Waals surface area contributed by atoms with E-state index < -0.39 is 0 Å². The van der Waals surface area contributed by atoms with Crippen LogP contribution >= 0.6 is 0 Å². The smallest absolute Gasteiger partial charge is 0.289 e. The molecule has 0 radical (unpaired) electrons. The number of aryl methyl sites for hydroxylation is 1. The fourth-order valence-corrected chi connectivity index (χ4v) is 6.18. The zero-order chi connectivity index (χ0) is 24.5. The topological polar surface area (TPSA) is 79.0 Å². The summed E-state index contributed by atoms with van der Waals surface area (Å²) in [6.45, 7) is 3.92. The van der Waals surface area contributed by atoms with Gasteiger partial charge in [0.25, 0.3) is 5.91 Å². The van der Waals surface area contributed by atoms with Gasteiger partial charge in [-0.3, -0.25) is 9.78 Å². The molecule has 0 saturated carbocycles. The van der Waals surface area contributed by atoms with Gasteiger partial charge in [0.1, 0.15) is 11.8 Å². The van der Waals surface area contributed by atoms with Crippen LogP contribution in [0.4, 0.5) is 0 Å². The first-order valence-electron chi connectivity index (χ1n) is 13.2. The third kappa shape index (κ3) is 4.37. The maximum Gasteiger partial charge on any atom is 0.289 e. The van der Waals surface area contributed by atoms with E-state index >= 15 is 0 Å². The molecule has 3 aliphatic rings. The van der Waals surface area contributed by atoms with Crippen LogP contribution in [0, 0.1) is 4.91 Å². The zero-order valence-electron chi connectivity index (χ0n) is 20.6. The number of likely N-dealkylation sites (tertiary alicyclic amines) is 2. The highest BCUT2D eigenvalue weighted by Crippen LogP contribution is 2.40. The molecular formula is C29H32N4O3. The van der Waals surface area contributed by atoms with Crippen molar-refractivity contribution in [2.45, 2.75) is 57.0 Å². The summed E-state index contributed by atoms with van der Waals surface area (Å²) >= 11 is 0. The van der Waals surface area contributed by atoms with E-state index in [4.69, 9.17) is 4.42 Å². The minimum Gasteiger partial charge on any atom is -0.450 e. The van der Waals surface area contributed by atoms with E-state index in [1.165, 1.54) is 32.4 Å². The number of hydrogen-bond acceptors (Lipinski definition) is 6. The van der Waals surface area contributed by atoms with Crippen LogP contribution in [0.5, 0.6) is 0 Å². The predicted octanol–water partition coefficient (Wildman–Crippen LogP) is 5.85. The molecule has 2 aromatic heterocycles. The van der Waals surface area contributed by atoms with E-state index in [0.29, 0.717) is 17.6 Å². The van der Waals surface area contributed by atoms with Gasteiger partial charge < -0.3 is 14.2 Å². The van der Waals surface area contributed by atoms with Crippen molar-refractivity contribution < 1.29 is 9.21 Å². The largest absolute Gasteiger partial charge is 0.450 e. The van der Waals surface area contributed by atoms with Crippen LogP contribution in [0.3, 0.4) is 0 Å². The molecule has 0 N–H and O–H groups in total. The van der Waals surface area contributed by atoms with Crippen molar-refractivity contribution in [3.8, 4) is 22.5 Å². The highest BCUT2D eigenvalue weighted by atomic mass is 16.4. The van der Waals surface area contributed by atoms with E-state index in [-0.39, 0.29) is 11.9 Å². The first-order chi connectivity index (χ1) is 17.7. The molecule has 3 aromatic rings. The molecule has 186 valence electrons. The molecule has 6 rings (SSSR count). The lowest BCUT2D eigenvalue weighted by molar-refractivity contribution is 0.0563. The van der Waals surface area contributed by atoms with E-state index in [0.717, 1.165) is 66.6 Å². The van der Waals surface area contributed by atoms with Crippen LogP contribution in [0.1, 0.15) is 66.2 Å². The van der Waals surface area contributed by atoms with Crippen molar-refractivity contribution in [3.63, 3.8) is 0 Å². The Kier molecular flexibility index (Phi) is 6.40. The number of carbonyl (C=O) groups is 1. The Hall–Kier alpha value is -3.32. The highest BCUT2D eigenvalue weighted by Gasteiger charge is 2.31. The van der Waals surface area contributed by atoms with Crippen molar-refractivity contribution in [1.29, 1.82) is 0 Å². The van der Waals surface area contributed by atoms with Gasteiger partial charge in [0, 0.05) is 42.7 Å².